The van der Waals surface area contributed by atoms with E-state index in [1.54, 1.807) is 4.31 Å². The van der Waals surface area contributed by atoms with E-state index in [-0.39, 0.29) is 16.6 Å². The Labute approximate surface area is 119 Å². The molecule has 0 saturated carbocycles. The molecule has 1 unspecified atom stereocenters. The summed E-state index contributed by atoms with van der Waals surface area (Å²) >= 11 is 0. The average Bonchev–Trinajstić information content (AvgIpc) is 2.98. The summed E-state index contributed by atoms with van der Waals surface area (Å²) in [6.45, 7) is 3.98. The van der Waals surface area contributed by atoms with E-state index in [0.29, 0.717) is 13.1 Å². The number of aromatic nitrogens is 1. The van der Waals surface area contributed by atoms with Gasteiger partial charge in [0.25, 0.3) is 0 Å². The lowest BCUT2D eigenvalue weighted by atomic mass is 10.2. The molecular weight excluding hydrogens is 276 g/mol. The molecule has 1 aliphatic rings. The van der Waals surface area contributed by atoms with Gasteiger partial charge in [-0.1, -0.05) is 6.92 Å². The second-order valence-electron chi connectivity index (χ2n) is 4.75. The number of rotatable bonds is 5. The van der Waals surface area contributed by atoms with Crippen molar-refractivity contribution in [3.63, 3.8) is 0 Å². The van der Waals surface area contributed by atoms with Crippen LogP contribution in [0, 0.1) is 11.3 Å². The van der Waals surface area contributed by atoms with Crippen LogP contribution in [0.15, 0.2) is 23.2 Å². The number of hydrogen-bond acceptors (Lipinski definition) is 5. The van der Waals surface area contributed by atoms with Crippen molar-refractivity contribution in [1.82, 2.24) is 14.6 Å². The van der Waals surface area contributed by atoms with E-state index >= 15 is 0 Å². The lowest BCUT2D eigenvalue weighted by Gasteiger charge is -2.27. The van der Waals surface area contributed by atoms with E-state index in [0.717, 1.165) is 19.4 Å². The molecule has 6 nitrogen and oxygen atoms in total. The molecule has 7 heteroatoms. The van der Waals surface area contributed by atoms with Gasteiger partial charge in [-0.25, -0.2) is 13.4 Å². The van der Waals surface area contributed by atoms with E-state index < -0.39 is 10.0 Å². The highest BCUT2D eigenvalue weighted by Crippen LogP contribution is 2.21. The highest BCUT2D eigenvalue weighted by atomic mass is 32.2. The third kappa shape index (κ3) is 2.98. The van der Waals surface area contributed by atoms with Crippen LogP contribution in [-0.4, -0.2) is 43.4 Å². The number of sulfonamides is 1. The maximum atomic E-state index is 12.7. The molecule has 1 fully saturated rings. The van der Waals surface area contributed by atoms with Crippen LogP contribution in [0.3, 0.4) is 0 Å². The predicted molar refractivity (Wildman–Crippen MR) is 74.4 cm³/mol. The van der Waals surface area contributed by atoms with Gasteiger partial charge in [-0.3, -0.25) is 0 Å². The normalized spacial score (nSPS) is 19.1. The minimum atomic E-state index is -3.55. The van der Waals surface area contributed by atoms with Gasteiger partial charge >= 0.3 is 0 Å². The van der Waals surface area contributed by atoms with Crippen molar-refractivity contribution >= 4 is 10.0 Å². The van der Waals surface area contributed by atoms with Gasteiger partial charge in [0.1, 0.15) is 16.7 Å². The molecule has 0 bridgehead atoms. The van der Waals surface area contributed by atoms with Crippen molar-refractivity contribution in [3.05, 3.63) is 24.0 Å². The Morgan fingerprint density at radius 2 is 2.35 bits per heavy atom. The van der Waals surface area contributed by atoms with E-state index in [2.05, 4.69) is 10.3 Å². The topological polar surface area (TPSA) is 86.1 Å². The van der Waals surface area contributed by atoms with Gasteiger partial charge in [-0.05, 0) is 31.5 Å². The van der Waals surface area contributed by atoms with Crippen molar-refractivity contribution in [2.24, 2.45) is 0 Å². The van der Waals surface area contributed by atoms with Crippen molar-refractivity contribution in [3.8, 4) is 6.07 Å². The Morgan fingerprint density at radius 1 is 1.55 bits per heavy atom. The molecule has 2 rings (SSSR count). The van der Waals surface area contributed by atoms with Crippen LogP contribution in [0.4, 0.5) is 0 Å². The summed E-state index contributed by atoms with van der Waals surface area (Å²) < 4.78 is 26.9. The zero-order chi connectivity index (χ0) is 14.6. The van der Waals surface area contributed by atoms with Crippen LogP contribution in [0.2, 0.25) is 0 Å². The Hall–Kier alpha value is -1.49. The fraction of sp³-hybridized carbons (Fsp3) is 0.538. The molecule has 1 aromatic rings. The minimum absolute atomic E-state index is 0.00408. The SMILES string of the molecule is CCCN(C1CCNC1)S(=O)(=O)c1ccc(C#N)nc1. The number of hydrogen-bond donors (Lipinski definition) is 1. The first-order valence-corrected chi connectivity index (χ1v) is 8.12. The van der Waals surface area contributed by atoms with Crippen LogP contribution < -0.4 is 5.32 Å². The summed E-state index contributed by atoms with van der Waals surface area (Å²) in [5.41, 5.74) is 0.216. The van der Waals surface area contributed by atoms with Crippen LogP contribution in [0.5, 0.6) is 0 Å². The van der Waals surface area contributed by atoms with Crippen molar-refractivity contribution in [1.29, 1.82) is 5.26 Å². The molecule has 0 radical (unpaired) electrons. The molecule has 1 saturated heterocycles. The number of nitrogens with one attached hydrogen (secondary N) is 1. The fourth-order valence-electron chi connectivity index (χ4n) is 2.34. The van der Waals surface area contributed by atoms with Crippen LogP contribution in [0.25, 0.3) is 0 Å². The van der Waals surface area contributed by atoms with Gasteiger partial charge in [0.2, 0.25) is 10.0 Å². The van der Waals surface area contributed by atoms with E-state index in [9.17, 15) is 8.42 Å². The molecule has 1 aliphatic heterocycles. The maximum absolute atomic E-state index is 12.7. The summed E-state index contributed by atoms with van der Waals surface area (Å²) in [6, 6.07) is 4.77. The minimum Gasteiger partial charge on any atom is -0.315 e. The third-order valence-corrected chi connectivity index (χ3v) is 5.28. The lowest BCUT2D eigenvalue weighted by molar-refractivity contribution is 0.335. The van der Waals surface area contributed by atoms with Gasteiger partial charge < -0.3 is 5.32 Å². The molecule has 108 valence electrons. The molecule has 2 heterocycles. The smallest absolute Gasteiger partial charge is 0.244 e. The molecule has 20 heavy (non-hydrogen) atoms. The van der Waals surface area contributed by atoms with Crippen molar-refractivity contribution in [2.45, 2.75) is 30.7 Å². The first kappa shape index (κ1) is 14.9. The second-order valence-corrected chi connectivity index (χ2v) is 6.64. The van der Waals surface area contributed by atoms with Gasteiger partial charge in [0.15, 0.2) is 0 Å². The maximum Gasteiger partial charge on any atom is 0.244 e. The fourth-order valence-corrected chi connectivity index (χ4v) is 4.03. The number of pyridine rings is 1. The Kier molecular flexibility index (Phi) is 4.70. The molecule has 1 atom stereocenters. The van der Waals surface area contributed by atoms with E-state index in [1.807, 2.05) is 13.0 Å². The van der Waals surface area contributed by atoms with Gasteiger partial charge in [0.05, 0.1) is 0 Å². The first-order valence-electron chi connectivity index (χ1n) is 6.68. The van der Waals surface area contributed by atoms with Crippen molar-refractivity contribution < 1.29 is 8.42 Å². The average molecular weight is 294 g/mol. The Morgan fingerprint density at radius 3 is 2.85 bits per heavy atom. The van der Waals surface area contributed by atoms with Gasteiger partial charge in [-0.15, -0.1) is 0 Å². The largest absolute Gasteiger partial charge is 0.315 e. The first-order chi connectivity index (χ1) is 9.59. The summed E-state index contributed by atoms with van der Waals surface area (Å²) in [7, 11) is -3.55. The molecule has 0 amide bonds. The van der Waals surface area contributed by atoms with Gasteiger partial charge in [-0.2, -0.15) is 9.57 Å². The van der Waals surface area contributed by atoms with E-state index in [4.69, 9.17) is 5.26 Å². The third-order valence-electron chi connectivity index (χ3n) is 3.34. The summed E-state index contributed by atoms with van der Waals surface area (Å²) in [5.74, 6) is 0. The standard InChI is InChI=1S/C13H18N4O2S/c1-2-7-17(12-5-6-15-9-12)20(18,19)13-4-3-11(8-14)16-10-13/h3-4,10,12,15H,2,5-7,9H2,1H3. The van der Waals surface area contributed by atoms with Gasteiger partial charge in [0, 0.05) is 25.3 Å². The molecule has 0 aliphatic carbocycles. The van der Waals surface area contributed by atoms with Crippen molar-refractivity contribution in [2.75, 3.05) is 19.6 Å². The quantitative estimate of drug-likeness (QED) is 0.864. The molecule has 1 aromatic heterocycles. The van der Waals surface area contributed by atoms with Crippen LogP contribution in [-0.2, 0) is 10.0 Å². The second kappa shape index (κ2) is 6.31. The summed E-state index contributed by atoms with van der Waals surface area (Å²) in [4.78, 5) is 4.00. The summed E-state index contributed by atoms with van der Waals surface area (Å²) in [6.07, 6.45) is 2.85. The predicted octanol–water partition coefficient (Wildman–Crippen LogP) is 0.716. The summed E-state index contributed by atoms with van der Waals surface area (Å²) in [5, 5.41) is 11.9. The highest BCUT2D eigenvalue weighted by molar-refractivity contribution is 7.89. The lowest BCUT2D eigenvalue weighted by Crippen LogP contribution is -2.42. The molecular formula is C13H18N4O2S. The monoisotopic (exact) mass is 294 g/mol. The zero-order valence-electron chi connectivity index (χ0n) is 11.4. The Bertz CT molecular complexity index is 586. The number of nitrogens with zero attached hydrogens (tertiary/aromatic N) is 3. The molecule has 0 spiro atoms. The van der Waals surface area contributed by atoms with Crippen LogP contribution >= 0.6 is 0 Å². The van der Waals surface area contributed by atoms with E-state index in [1.165, 1.54) is 18.3 Å². The molecule has 1 N–H and O–H groups in total. The highest BCUT2D eigenvalue weighted by Gasteiger charge is 2.32. The van der Waals surface area contributed by atoms with Crippen LogP contribution in [0.1, 0.15) is 25.5 Å². The Balaban J connectivity index is 2.31. The zero-order valence-corrected chi connectivity index (χ0v) is 12.2. The number of nitriles is 1. The molecule has 0 aromatic carbocycles.